The van der Waals surface area contributed by atoms with Crippen molar-refractivity contribution in [3.63, 3.8) is 0 Å². The molecule has 2 saturated heterocycles. The molecule has 1 atom stereocenters. The van der Waals surface area contributed by atoms with Crippen LogP contribution >= 0.6 is 0 Å². The minimum absolute atomic E-state index is 0.0808. The summed E-state index contributed by atoms with van der Waals surface area (Å²) in [6, 6.07) is 7.26. The SMILES string of the molecule is COc1cc([C@@H](O)CN2CCC3(CC2)CC(=O)N(c2ccc4nncn4n2)C3)ncc1C#N. The van der Waals surface area contributed by atoms with E-state index < -0.39 is 6.10 Å². The second kappa shape index (κ2) is 8.38. The van der Waals surface area contributed by atoms with E-state index in [-0.39, 0.29) is 11.3 Å². The molecule has 0 aliphatic carbocycles. The van der Waals surface area contributed by atoms with Crippen molar-refractivity contribution in [2.75, 3.05) is 38.2 Å². The van der Waals surface area contributed by atoms with E-state index >= 15 is 0 Å². The van der Waals surface area contributed by atoms with Crippen molar-refractivity contribution in [3.05, 3.63) is 42.0 Å². The minimum Gasteiger partial charge on any atom is -0.495 e. The number of nitrogens with zero attached hydrogens (tertiary/aromatic N) is 8. The van der Waals surface area contributed by atoms with Crippen LogP contribution in [0.15, 0.2) is 30.7 Å². The lowest BCUT2D eigenvalue weighted by molar-refractivity contribution is -0.118. The zero-order valence-electron chi connectivity index (χ0n) is 18.3. The third-order valence-electron chi connectivity index (χ3n) is 6.66. The Morgan fingerprint density at radius 3 is 2.91 bits per heavy atom. The van der Waals surface area contributed by atoms with Crippen molar-refractivity contribution < 1.29 is 14.6 Å². The Hall–Kier alpha value is -3.62. The fourth-order valence-corrected chi connectivity index (χ4v) is 4.74. The van der Waals surface area contributed by atoms with E-state index in [1.807, 2.05) is 18.2 Å². The topological polar surface area (TPSA) is 133 Å². The van der Waals surface area contributed by atoms with Gasteiger partial charge in [0.2, 0.25) is 5.91 Å². The number of aliphatic hydroxyl groups is 1. The Kier molecular flexibility index (Phi) is 5.39. The Labute approximate surface area is 190 Å². The summed E-state index contributed by atoms with van der Waals surface area (Å²) in [5, 5.41) is 32.1. The van der Waals surface area contributed by atoms with E-state index in [2.05, 4.69) is 25.2 Å². The lowest BCUT2D eigenvalue weighted by atomic mass is 9.77. The Morgan fingerprint density at radius 2 is 2.15 bits per heavy atom. The first-order valence-electron chi connectivity index (χ1n) is 10.8. The van der Waals surface area contributed by atoms with Crippen LogP contribution in [0.2, 0.25) is 0 Å². The number of aromatic nitrogens is 5. The molecule has 2 aliphatic heterocycles. The van der Waals surface area contributed by atoms with Gasteiger partial charge in [0.15, 0.2) is 11.5 Å². The highest BCUT2D eigenvalue weighted by Crippen LogP contribution is 2.42. The average molecular weight is 448 g/mol. The lowest BCUT2D eigenvalue weighted by Gasteiger charge is -2.39. The lowest BCUT2D eigenvalue weighted by Crippen LogP contribution is -2.43. The van der Waals surface area contributed by atoms with Gasteiger partial charge in [-0.25, -0.2) is 0 Å². The molecule has 0 saturated carbocycles. The third-order valence-corrected chi connectivity index (χ3v) is 6.66. The van der Waals surface area contributed by atoms with Crippen LogP contribution in [0.25, 0.3) is 5.65 Å². The monoisotopic (exact) mass is 448 g/mol. The van der Waals surface area contributed by atoms with E-state index in [0.717, 1.165) is 25.9 Å². The van der Waals surface area contributed by atoms with Crippen LogP contribution in [-0.2, 0) is 4.79 Å². The van der Waals surface area contributed by atoms with Crippen molar-refractivity contribution in [1.29, 1.82) is 5.26 Å². The molecule has 0 bridgehead atoms. The second-order valence-electron chi connectivity index (χ2n) is 8.72. The molecule has 1 amide bonds. The number of amides is 1. The number of nitriles is 1. The van der Waals surface area contributed by atoms with E-state index in [4.69, 9.17) is 10.00 Å². The smallest absolute Gasteiger partial charge is 0.228 e. The zero-order chi connectivity index (χ0) is 23.0. The van der Waals surface area contributed by atoms with Gasteiger partial charge in [0.25, 0.3) is 0 Å². The highest BCUT2D eigenvalue weighted by molar-refractivity contribution is 5.95. The summed E-state index contributed by atoms with van der Waals surface area (Å²) in [6.45, 7) is 2.63. The van der Waals surface area contributed by atoms with Crippen molar-refractivity contribution in [2.24, 2.45) is 5.41 Å². The first kappa shape index (κ1) is 21.2. The molecule has 1 N–H and O–H groups in total. The molecule has 3 aromatic heterocycles. The van der Waals surface area contributed by atoms with Crippen LogP contribution in [-0.4, -0.2) is 74.0 Å². The molecule has 5 heterocycles. The van der Waals surface area contributed by atoms with Crippen LogP contribution in [0.4, 0.5) is 5.82 Å². The number of hydrogen-bond donors (Lipinski definition) is 1. The predicted molar refractivity (Wildman–Crippen MR) is 116 cm³/mol. The quantitative estimate of drug-likeness (QED) is 0.606. The predicted octanol–water partition coefficient (Wildman–Crippen LogP) is 0.952. The summed E-state index contributed by atoms with van der Waals surface area (Å²) in [4.78, 5) is 21.0. The number of fused-ring (bicyclic) bond motifs is 1. The fraction of sp³-hybridized carbons (Fsp3) is 0.455. The van der Waals surface area contributed by atoms with Crippen molar-refractivity contribution in [3.8, 4) is 11.8 Å². The molecule has 5 rings (SSSR count). The van der Waals surface area contributed by atoms with Gasteiger partial charge >= 0.3 is 0 Å². The second-order valence-corrected chi connectivity index (χ2v) is 8.72. The van der Waals surface area contributed by atoms with Crippen LogP contribution in [0, 0.1) is 16.7 Å². The molecular formula is C22H24N8O3. The van der Waals surface area contributed by atoms with Crippen molar-refractivity contribution in [2.45, 2.75) is 25.4 Å². The van der Waals surface area contributed by atoms with Gasteiger partial charge in [0, 0.05) is 31.8 Å². The molecule has 0 radical (unpaired) electrons. The molecule has 3 aromatic rings. The Bertz CT molecular complexity index is 1230. The normalized spacial score (nSPS) is 19.2. The van der Waals surface area contributed by atoms with Crippen LogP contribution < -0.4 is 9.64 Å². The number of piperidine rings is 1. The van der Waals surface area contributed by atoms with Crippen molar-refractivity contribution in [1.82, 2.24) is 29.7 Å². The molecule has 11 nitrogen and oxygen atoms in total. The Morgan fingerprint density at radius 1 is 1.33 bits per heavy atom. The van der Waals surface area contributed by atoms with Gasteiger partial charge in [-0.15, -0.1) is 15.3 Å². The average Bonchev–Trinajstić information content (AvgIpc) is 3.43. The van der Waals surface area contributed by atoms with Gasteiger partial charge in [-0.2, -0.15) is 9.78 Å². The van der Waals surface area contributed by atoms with Crippen molar-refractivity contribution >= 4 is 17.4 Å². The van der Waals surface area contributed by atoms with Gasteiger partial charge in [0.05, 0.1) is 12.8 Å². The third kappa shape index (κ3) is 3.99. The number of carbonyl (C=O) groups is 1. The maximum Gasteiger partial charge on any atom is 0.228 e. The summed E-state index contributed by atoms with van der Waals surface area (Å²) in [5.74, 6) is 1.10. The maximum absolute atomic E-state index is 12.8. The van der Waals surface area contributed by atoms with E-state index in [1.165, 1.54) is 19.6 Å². The number of anilines is 1. The van der Waals surface area contributed by atoms with Gasteiger partial charge in [-0.1, -0.05) is 0 Å². The van der Waals surface area contributed by atoms with Crippen LogP contribution in [0.3, 0.4) is 0 Å². The number of hydrogen-bond acceptors (Lipinski definition) is 9. The van der Waals surface area contributed by atoms with E-state index in [9.17, 15) is 9.90 Å². The molecule has 0 aromatic carbocycles. The number of likely N-dealkylation sites (tertiary alicyclic amines) is 1. The summed E-state index contributed by atoms with van der Waals surface area (Å²) in [5.41, 5.74) is 1.37. The Balaban J connectivity index is 1.22. The van der Waals surface area contributed by atoms with E-state index in [1.54, 1.807) is 15.5 Å². The molecule has 2 aliphatic rings. The van der Waals surface area contributed by atoms with Crippen LogP contribution in [0.5, 0.6) is 5.75 Å². The standard InChI is InChI=1S/C22H24N8O3/c1-33-18-8-16(24-11-15(18)10-23)17(31)12-28-6-4-22(5-7-28)9-21(32)29(13-22)20-3-2-19-26-25-14-30(19)27-20/h2-3,8,11,14,17,31H,4-7,9,12-13H2,1H3/t17-/m0/s1. The number of β-amino-alcohol motifs (C(OH)–C–C–N with tert-alkyl or cyclic N) is 1. The number of methoxy groups -OCH3 is 1. The molecule has 2 fully saturated rings. The highest BCUT2D eigenvalue weighted by atomic mass is 16.5. The number of ether oxygens (including phenoxy) is 1. The maximum atomic E-state index is 12.8. The molecule has 0 unspecified atom stereocenters. The van der Waals surface area contributed by atoms with Gasteiger partial charge in [0.1, 0.15) is 29.8 Å². The summed E-state index contributed by atoms with van der Waals surface area (Å²) in [6.07, 6.45) is 4.38. The first-order chi connectivity index (χ1) is 16.0. The first-order valence-corrected chi connectivity index (χ1v) is 10.8. The molecule has 1 spiro atoms. The van der Waals surface area contributed by atoms with Crippen LogP contribution in [0.1, 0.15) is 36.6 Å². The number of rotatable bonds is 5. The summed E-state index contributed by atoms with van der Waals surface area (Å²) in [7, 11) is 1.49. The molecule has 170 valence electrons. The number of carbonyl (C=O) groups excluding carboxylic acids is 1. The summed E-state index contributed by atoms with van der Waals surface area (Å²) >= 11 is 0. The summed E-state index contributed by atoms with van der Waals surface area (Å²) < 4.78 is 6.79. The van der Waals surface area contributed by atoms with E-state index in [0.29, 0.717) is 48.0 Å². The number of pyridine rings is 1. The largest absolute Gasteiger partial charge is 0.495 e. The molecule has 11 heteroatoms. The molecular weight excluding hydrogens is 424 g/mol. The minimum atomic E-state index is -0.790. The van der Waals surface area contributed by atoms with Gasteiger partial charge < -0.3 is 14.7 Å². The number of aliphatic hydroxyl groups excluding tert-OH is 1. The fourth-order valence-electron chi connectivity index (χ4n) is 4.74. The highest BCUT2D eigenvalue weighted by Gasteiger charge is 2.46. The zero-order valence-corrected chi connectivity index (χ0v) is 18.3. The van der Waals surface area contributed by atoms with Gasteiger partial charge in [-0.3, -0.25) is 14.7 Å². The van der Waals surface area contributed by atoms with Gasteiger partial charge in [-0.05, 0) is 43.5 Å². The molecule has 33 heavy (non-hydrogen) atoms.